The van der Waals surface area contributed by atoms with Crippen molar-refractivity contribution < 1.29 is 4.74 Å². The minimum atomic E-state index is -0.161. The highest BCUT2D eigenvalue weighted by molar-refractivity contribution is 5.68. The van der Waals surface area contributed by atoms with Gasteiger partial charge in [0.1, 0.15) is 5.75 Å². The van der Waals surface area contributed by atoms with Crippen LogP contribution >= 0.6 is 0 Å². The van der Waals surface area contributed by atoms with Crippen LogP contribution in [0.4, 0.5) is 0 Å². The molecular formula is C14H16N2O2. The molecule has 1 aromatic carbocycles. The molecule has 0 aliphatic rings. The molecule has 2 rings (SSSR count). The molecular weight excluding hydrogens is 228 g/mol. The Bertz CT molecular complexity index is 576. The van der Waals surface area contributed by atoms with E-state index in [0.717, 1.165) is 5.56 Å². The van der Waals surface area contributed by atoms with E-state index in [4.69, 9.17) is 4.74 Å². The zero-order chi connectivity index (χ0) is 13.0. The van der Waals surface area contributed by atoms with Gasteiger partial charge in [-0.2, -0.15) is 0 Å². The van der Waals surface area contributed by atoms with Crippen LogP contribution in [0.2, 0.25) is 0 Å². The number of nitrogens with zero attached hydrogens (tertiary/aromatic N) is 1. The number of nitrogens with one attached hydrogen (secondary N) is 1. The van der Waals surface area contributed by atoms with E-state index in [0.29, 0.717) is 23.8 Å². The second-order valence-electron chi connectivity index (χ2n) is 4.50. The average Bonchev–Trinajstić information content (AvgIpc) is 2.37. The second kappa shape index (κ2) is 5.49. The molecule has 0 amide bonds. The lowest BCUT2D eigenvalue weighted by Gasteiger charge is -2.12. The SMILES string of the molecule is CC(C)COc1ccccc1-c1cnc[nH]c1=O. The van der Waals surface area contributed by atoms with Crippen molar-refractivity contribution in [3.63, 3.8) is 0 Å². The fraction of sp³-hybridized carbons (Fsp3) is 0.286. The number of ether oxygens (including phenoxy) is 1. The van der Waals surface area contributed by atoms with Gasteiger partial charge in [-0.15, -0.1) is 0 Å². The van der Waals surface area contributed by atoms with Crippen molar-refractivity contribution in [2.24, 2.45) is 5.92 Å². The molecule has 0 unspecified atom stereocenters. The summed E-state index contributed by atoms with van der Waals surface area (Å²) >= 11 is 0. The average molecular weight is 244 g/mol. The molecule has 1 heterocycles. The van der Waals surface area contributed by atoms with E-state index < -0.39 is 0 Å². The third-order valence-corrected chi connectivity index (χ3v) is 2.47. The maximum absolute atomic E-state index is 11.8. The molecule has 0 saturated carbocycles. The van der Waals surface area contributed by atoms with Crippen LogP contribution < -0.4 is 10.3 Å². The molecule has 0 aliphatic heterocycles. The van der Waals surface area contributed by atoms with Crippen molar-refractivity contribution >= 4 is 0 Å². The molecule has 4 heteroatoms. The van der Waals surface area contributed by atoms with E-state index in [2.05, 4.69) is 23.8 Å². The van der Waals surface area contributed by atoms with Gasteiger partial charge in [0.2, 0.25) is 0 Å². The standard InChI is InChI=1S/C14H16N2O2/c1-10(2)8-18-13-6-4-3-5-11(13)12-7-15-9-16-14(12)17/h3-7,9-10H,8H2,1-2H3,(H,15,16,17). The molecule has 0 spiro atoms. The smallest absolute Gasteiger partial charge is 0.258 e. The molecule has 1 N–H and O–H groups in total. The van der Waals surface area contributed by atoms with Crippen LogP contribution in [0.1, 0.15) is 13.8 Å². The van der Waals surface area contributed by atoms with Crippen molar-refractivity contribution in [2.75, 3.05) is 6.61 Å². The molecule has 1 aromatic heterocycles. The molecule has 18 heavy (non-hydrogen) atoms. The van der Waals surface area contributed by atoms with Gasteiger partial charge in [0.05, 0.1) is 18.5 Å². The number of rotatable bonds is 4. The zero-order valence-electron chi connectivity index (χ0n) is 10.5. The Morgan fingerprint density at radius 1 is 1.28 bits per heavy atom. The highest BCUT2D eigenvalue weighted by Crippen LogP contribution is 2.27. The van der Waals surface area contributed by atoms with Gasteiger partial charge in [-0.05, 0) is 12.0 Å². The van der Waals surface area contributed by atoms with Crippen molar-refractivity contribution in [1.82, 2.24) is 9.97 Å². The van der Waals surface area contributed by atoms with Gasteiger partial charge in [0.25, 0.3) is 5.56 Å². The van der Waals surface area contributed by atoms with Gasteiger partial charge in [-0.3, -0.25) is 4.79 Å². The summed E-state index contributed by atoms with van der Waals surface area (Å²) in [7, 11) is 0. The summed E-state index contributed by atoms with van der Waals surface area (Å²) in [6, 6.07) is 7.50. The van der Waals surface area contributed by atoms with E-state index in [1.807, 2.05) is 24.3 Å². The molecule has 2 aromatic rings. The fourth-order valence-corrected chi connectivity index (χ4v) is 1.61. The molecule has 0 saturated heterocycles. The summed E-state index contributed by atoms with van der Waals surface area (Å²) in [5.41, 5.74) is 1.13. The lowest BCUT2D eigenvalue weighted by atomic mass is 10.1. The third-order valence-electron chi connectivity index (χ3n) is 2.47. The Hall–Kier alpha value is -2.10. The number of hydrogen-bond acceptors (Lipinski definition) is 3. The van der Waals surface area contributed by atoms with Gasteiger partial charge in [-0.1, -0.05) is 32.0 Å². The van der Waals surface area contributed by atoms with Gasteiger partial charge in [0, 0.05) is 11.8 Å². The van der Waals surface area contributed by atoms with Crippen molar-refractivity contribution in [3.05, 3.63) is 47.1 Å². The number of para-hydroxylation sites is 1. The summed E-state index contributed by atoms with van der Waals surface area (Å²) in [5, 5.41) is 0. The topological polar surface area (TPSA) is 55.0 Å². The number of benzene rings is 1. The lowest BCUT2D eigenvalue weighted by molar-refractivity contribution is 0.272. The van der Waals surface area contributed by atoms with Gasteiger partial charge in [-0.25, -0.2) is 4.98 Å². The highest BCUT2D eigenvalue weighted by atomic mass is 16.5. The Morgan fingerprint density at radius 3 is 2.78 bits per heavy atom. The summed E-state index contributed by atoms with van der Waals surface area (Å²) in [6.45, 7) is 4.79. The van der Waals surface area contributed by atoms with Crippen LogP contribution in [-0.2, 0) is 0 Å². The van der Waals surface area contributed by atoms with Gasteiger partial charge >= 0.3 is 0 Å². The number of H-pyrrole nitrogens is 1. The van der Waals surface area contributed by atoms with E-state index in [1.54, 1.807) is 6.20 Å². The molecule has 0 aliphatic carbocycles. The molecule has 0 bridgehead atoms. The maximum atomic E-state index is 11.8. The molecule has 0 atom stereocenters. The lowest BCUT2D eigenvalue weighted by Crippen LogP contribution is -2.10. The van der Waals surface area contributed by atoms with Crippen LogP contribution in [0.3, 0.4) is 0 Å². The first-order chi connectivity index (χ1) is 8.68. The van der Waals surface area contributed by atoms with Crippen LogP contribution in [0.15, 0.2) is 41.6 Å². The highest BCUT2D eigenvalue weighted by Gasteiger charge is 2.09. The quantitative estimate of drug-likeness (QED) is 0.898. The van der Waals surface area contributed by atoms with Gasteiger partial charge < -0.3 is 9.72 Å². The van der Waals surface area contributed by atoms with Crippen molar-refractivity contribution in [1.29, 1.82) is 0 Å². The van der Waals surface area contributed by atoms with E-state index in [-0.39, 0.29) is 5.56 Å². The fourth-order valence-electron chi connectivity index (χ4n) is 1.61. The Morgan fingerprint density at radius 2 is 2.06 bits per heavy atom. The van der Waals surface area contributed by atoms with Crippen LogP contribution in [0.25, 0.3) is 11.1 Å². The largest absolute Gasteiger partial charge is 0.493 e. The Labute approximate surface area is 106 Å². The number of aromatic amines is 1. The maximum Gasteiger partial charge on any atom is 0.258 e. The predicted molar refractivity (Wildman–Crippen MR) is 70.6 cm³/mol. The Balaban J connectivity index is 2.39. The molecule has 0 fully saturated rings. The van der Waals surface area contributed by atoms with Crippen LogP contribution in [0.5, 0.6) is 5.75 Å². The second-order valence-corrected chi connectivity index (χ2v) is 4.50. The normalized spacial score (nSPS) is 10.6. The van der Waals surface area contributed by atoms with E-state index in [9.17, 15) is 4.79 Å². The molecule has 0 radical (unpaired) electrons. The van der Waals surface area contributed by atoms with Crippen molar-refractivity contribution in [3.8, 4) is 16.9 Å². The first kappa shape index (κ1) is 12.4. The molecule has 4 nitrogen and oxygen atoms in total. The summed E-state index contributed by atoms with van der Waals surface area (Å²) in [4.78, 5) is 18.3. The number of aromatic nitrogens is 2. The first-order valence-corrected chi connectivity index (χ1v) is 5.93. The van der Waals surface area contributed by atoms with Crippen LogP contribution in [0, 0.1) is 5.92 Å². The zero-order valence-corrected chi connectivity index (χ0v) is 10.5. The number of hydrogen-bond donors (Lipinski definition) is 1. The van der Waals surface area contributed by atoms with Gasteiger partial charge in [0.15, 0.2) is 0 Å². The summed E-state index contributed by atoms with van der Waals surface area (Å²) in [6.07, 6.45) is 2.93. The third kappa shape index (κ3) is 2.77. The summed E-state index contributed by atoms with van der Waals surface area (Å²) < 4.78 is 5.73. The minimum Gasteiger partial charge on any atom is -0.493 e. The summed E-state index contributed by atoms with van der Waals surface area (Å²) in [5.74, 6) is 1.15. The molecule has 94 valence electrons. The minimum absolute atomic E-state index is 0.161. The first-order valence-electron chi connectivity index (χ1n) is 5.93. The van der Waals surface area contributed by atoms with Crippen molar-refractivity contribution in [2.45, 2.75) is 13.8 Å². The Kier molecular flexibility index (Phi) is 3.77. The van der Waals surface area contributed by atoms with E-state index in [1.165, 1.54) is 6.33 Å². The van der Waals surface area contributed by atoms with Crippen LogP contribution in [-0.4, -0.2) is 16.6 Å². The predicted octanol–water partition coefficient (Wildman–Crippen LogP) is 2.47. The monoisotopic (exact) mass is 244 g/mol. The van der Waals surface area contributed by atoms with E-state index >= 15 is 0 Å².